The fourth-order valence-electron chi connectivity index (χ4n) is 3.49. The second-order valence-corrected chi connectivity index (χ2v) is 7.80. The van der Waals surface area contributed by atoms with Crippen LogP contribution in [0.1, 0.15) is 49.5 Å². The number of halogens is 1. The average molecular weight is 486 g/mol. The Labute approximate surface area is 181 Å². The fourth-order valence-corrected chi connectivity index (χ4v) is 3.49. The van der Waals surface area contributed by atoms with Gasteiger partial charge in [-0.25, -0.2) is 4.99 Å². The Morgan fingerprint density at radius 3 is 2.52 bits per heavy atom. The predicted molar refractivity (Wildman–Crippen MR) is 124 cm³/mol. The summed E-state index contributed by atoms with van der Waals surface area (Å²) >= 11 is 0. The van der Waals surface area contributed by atoms with Crippen molar-refractivity contribution in [1.82, 2.24) is 15.1 Å². The molecule has 6 heteroatoms. The standard InChI is InChI=1S/C21H34N4O.HI/c1-6-22-21(25-12-11-18(15-25)13-16(2)3)23-14-17-7-9-19(10-8-17)20(26)24(4)5;/h7-10,16,18H,6,11-15H2,1-5H3,(H,22,23);1H. The zero-order valence-corrected chi connectivity index (χ0v) is 19.7. The second-order valence-electron chi connectivity index (χ2n) is 7.80. The van der Waals surface area contributed by atoms with Gasteiger partial charge in [0.25, 0.3) is 5.91 Å². The van der Waals surface area contributed by atoms with Gasteiger partial charge >= 0.3 is 0 Å². The fraction of sp³-hybridized carbons (Fsp3) is 0.619. The van der Waals surface area contributed by atoms with E-state index >= 15 is 0 Å². The number of nitrogens with one attached hydrogen (secondary N) is 1. The van der Waals surface area contributed by atoms with E-state index in [2.05, 4.69) is 31.0 Å². The van der Waals surface area contributed by atoms with Gasteiger partial charge in [0.15, 0.2) is 5.96 Å². The van der Waals surface area contributed by atoms with E-state index in [1.165, 1.54) is 12.8 Å². The van der Waals surface area contributed by atoms with Crippen LogP contribution in [-0.2, 0) is 6.54 Å². The Bertz CT molecular complexity index is 613. The molecular formula is C21H35IN4O. The van der Waals surface area contributed by atoms with Gasteiger partial charge in [0, 0.05) is 39.3 Å². The summed E-state index contributed by atoms with van der Waals surface area (Å²) in [5.74, 6) is 2.56. The van der Waals surface area contributed by atoms with Crippen molar-refractivity contribution in [2.45, 2.75) is 40.2 Å². The smallest absolute Gasteiger partial charge is 0.253 e. The van der Waals surface area contributed by atoms with Crippen molar-refractivity contribution < 1.29 is 4.79 Å². The summed E-state index contributed by atoms with van der Waals surface area (Å²) in [5.41, 5.74) is 1.83. The predicted octanol–water partition coefficient (Wildman–Crippen LogP) is 3.84. The number of likely N-dealkylation sites (tertiary alicyclic amines) is 1. The number of amides is 1. The zero-order valence-electron chi connectivity index (χ0n) is 17.4. The molecule has 1 aromatic rings. The highest BCUT2D eigenvalue weighted by atomic mass is 127. The molecule has 0 aromatic heterocycles. The maximum atomic E-state index is 12.0. The number of rotatable bonds is 6. The number of carbonyl (C=O) groups is 1. The first-order chi connectivity index (χ1) is 12.4. The molecule has 0 saturated carbocycles. The third kappa shape index (κ3) is 7.31. The molecule has 1 amide bonds. The van der Waals surface area contributed by atoms with Gasteiger partial charge in [-0.05, 0) is 49.3 Å². The molecule has 5 nitrogen and oxygen atoms in total. The summed E-state index contributed by atoms with van der Waals surface area (Å²) in [4.78, 5) is 20.8. The zero-order chi connectivity index (χ0) is 19.1. The number of carbonyl (C=O) groups excluding carboxylic acids is 1. The lowest BCUT2D eigenvalue weighted by Gasteiger charge is -2.22. The largest absolute Gasteiger partial charge is 0.357 e. The summed E-state index contributed by atoms with van der Waals surface area (Å²) in [7, 11) is 3.54. The molecule has 1 atom stereocenters. The molecular weight excluding hydrogens is 451 g/mol. The van der Waals surface area contributed by atoms with Gasteiger partial charge < -0.3 is 15.1 Å². The molecule has 1 aliphatic rings. The van der Waals surface area contributed by atoms with Crippen LogP contribution in [0.2, 0.25) is 0 Å². The number of hydrogen-bond acceptors (Lipinski definition) is 2. The summed E-state index contributed by atoms with van der Waals surface area (Å²) in [6.45, 7) is 10.4. The van der Waals surface area contributed by atoms with E-state index in [4.69, 9.17) is 4.99 Å². The van der Waals surface area contributed by atoms with Crippen LogP contribution in [0, 0.1) is 11.8 Å². The van der Waals surface area contributed by atoms with Crippen molar-refractivity contribution >= 4 is 35.8 Å². The van der Waals surface area contributed by atoms with Crippen molar-refractivity contribution in [2.75, 3.05) is 33.7 Å². The monoisotopic (exact) mass is 486 g/mol. The molecule has 1 fully saturated rings. The normalized spacial score (nSPS) is 17.0. The number of hydrogen-bond donors (Lipinski definition) is 1. The molecule has 1 aromatic carbocycles. The number of benzene rings is 1. The molecule has 1 aliphatic heterocycles. The van der Waals surface area contributed by atoms with Gasteiger partial charge in [-0.15, -0.1) is 24.0 Å². The van der Waals surface area contributed by atoms with E-state index in [9.17, 15) is 4.79 Å². The molecule has 0 radical (unpaired) electrons. The minimum absolute atomic E-state index is 0. The third-order valence-corrected chi connectivity index (χ3v) is 4.74. The van der Waals surface area contributed by atoms with Crippen LogP contribution in [0.5, 0.6) is 0 Å². The number of nitrogens with zero attached hydrogens (tertiary/aromatic N) is 3. The first-order valence-corrected chi connectivity index (χ1v) is 9.74. The Morgan fingerprint density at radius 2 is 1.96 bits per heavy atom. The van der Waals surface area contributed by atoms with Crippen LogP contribution in [0.4, 0.5) is 0 Å². The van der Waals surface area contributed by atoms with Crippen molar-refractivity contribution in [3.63, 3.8) is 0 Å². The lowest BCUT2D eigenvalue weighted by molar-refractivity contribution is 0.0827. The molecule has 0 bridgehead atoms. The van der Waals surface area contributed by atoms with Gasteiger partial charge in [0.05, 0.1) is 6.54 Å². The second kappa shape index (κ2) is 11.5. The molecule has 152 valence electrons. The minimum Gasteiger partial charge on any atom is -0.357 e. The average Bonchev–Trinajstić information content (AvgIpc) is 3.05. The van der Waals surface area contributed by atoms with E-state index in [0.29, 0.717) is 12.1 Å². The SMILES string of the molecule is CCNC(=NCc1ccc(C(=O)N(C)C)cc1)N1CCC(CC(C)C)C1.I. The van der Waals surface area contributed by atoms with Gasteiger partial charge in [-0.1, -0.05) is 26.0 Å². The first kappa shape index (κ1) is 23.7. The molecule has 0 spiro atoms. The highest BCUT2D eigenvalue weighted by Crippen LogP contribution is 2.23. The first-order valence-electron chi connectivity index (χ1n) is 9.74. The Morgan fingerprint density at radius 1 is 1.30 bits per heavy atom. The van der Waals surface area contributed by atoms with Crippen molar-refractivity contribution in [1.29, 1.82) is 0 Å². The third-order valence-electron chi connectivity index (χ3n) is 4.74. The van der Waals surface area contributed by atoms with E-state index in [-0.39, 0.29) is 29.9 Å². The molecule has 2 rings (SSSR count). The molecule has 1 saturated heterocycles. The van der Waals surface area contributed by atoms with Crippen LogP contribution >= 0.6 is 24.0 Å². The van der Waals surface area contributed by atoms with Crippen LogP contribution in [0.25, 0.3) is 0 Å². The van der Waals surface area contributed by atoms with Crippen LogP contribution in [0.3, 0.4) is 0 Å². The summed E-state index contributed by atoms with van der Waals surface area (Å²) < 4.78 is 0. The Balaban J connectivity index is 0.00000364. The van der Waals surface area contributed by atoms with Crippen molar-refractivity contribution in [3.05, 3.63) is 35.4 Å². The van der Waals surface area contributed by atoms with Gasteiger partial charge in [0.1, 0.15) is 0 Å². The van der Waals surface area contributed by atoms with Crippen molar-refractivity contribution in [2.24, 2.45) is 16.8 Å². The minimum atomic E-state index is 0. The van der Waals surface area contributed by atoms with Gasteiger partial charge in [0.2, 0.25) is 0 Å². The van der Waals surface area contributed by atoms with E-state index in [0.717, 1.165) is 43.0 Å². The number of guanidine groups is 1. The summed E-state index contributed by atoms with van der Waals surface area (Å²) in [5, 5.41) is 3.43. The van der Waals surface area contributed by atoms with E-state index < -0.39 is 0 Å². The van der Waals surface area contributed by atoms with Gasteiger partial charge in [-0.3, -0.25) is 4.79 Å². The Kier molecular flexibility index (Phi) is 10.1. The molecule has 0 aliphatic carbocycles. The van der Waals surface area contributed by atoms with Crippen LogP contribution in [0.15, 0.2) is 29.3 Å². The highest BCUT2D eigenvalue weighted by Gasteiger charge is 2.25. The number of aliphatic imine (C=N–C) groups is 1. The summed E-state index contributed by atoms with van der Waals surface area (Å²) in [6.07, 6.45) is 2.54. The quantitative estimate of drug-likeness (QED) is 0.378. The van der Waals surface area contributed by atoms with E-state index in [1.807, 2.05) is 24.3 Å². The molecule has 1 unspecified atom stereocenters. The van der Waals surface area contributed by atoms with Crippen LogP contribution < -0.4 is 5.32 Å². The highest BCUT2D eigenvalue weighted by molar-refractivity contribution is 14.0. The molecule has 1 N–H and O–H groups in total. The molecule has 1 heterocycles. The van der Waals surface area contributed by atoms with Crippen LogP contribution in [-0.4, -0.2) is 55.4 Å². The lowest BCUT2D eigenvalue weighted by Crippen LogP contribution is -2.40. The van der Waals surface area contributed by atoms with Crippen molar-refractivity contribution in [3.8, 4) is 0 Å². The summed E-state index contributed by atoms with van der Waals surface area (Å²) in [6, 6.07) is 7.76. The maximum Gasteiger partial charge on any atom is 0.253 e. The van der Waals surface area contributed by atoms with E-state index in [1.54, 1.807) is 19.0 Å². The maximum absolute atomic E-state index is 12.0. The topological polar surface area (TPSA) is 47.9 Å². The Hall–Kier alpha value is -1.31. The molecule has 27 heavy (non-hydrogen) atoms. The van der Waals surface area contributed by atoms with Gasteiger partial charge in [-0.2, -0.15) is 0 Å². The lowest BCUT2D eigenvalue weighted by atomic mass is 9.97.